The van der Waals surface area contributed by atoms with E-state index in [1.807, 2.05) is 0 Å². The average molecular weight is 159 g/mol. The Morgan fingerprint density at radius 3 is 3.00 bits per heavy atom. The zero-order chi connectivity index (χ0) is 8.10. The van der Waals surface area contributed by atoms with Gasteiger partial charge in [-0.1, -0.05) is 0 Å². The number of nitrogens with two attached hydrogens (primary N) is 1. The molecular weight excluding hydrogens is 149 g/mol. The van der Waals surface area contributed by atoms with Gasteiger partial charge in [-0.15, -0.1) is 5.10 Å². The molecule has 6 heteroatoms. The number of hydrogen-bond donors (Lipinski definition) is 1. The minimum Gasteiger partial charge on any atom is -0.324 e. The van der Waals surface area contributed by atoms with Crippen LogP contribution in [-0.2, 0) is 13.1 Å². The first-order valence-electron chi connectivity index (χ1n) is 3.39. The van der Waals surface area contributed by atoms with E-state index in [1.165, 1.54) is 4.68 Å². The lowest BCUT2D eigenvalue weighted by molar-refractivity contribution is 0.426. The van der Waals surface area contributed by atoms with E-state index < -0.39 is 0 Å². The zero-order valence-electron chi connectivity index (χ0n) is 6.07. The predicted molar refractivity (Wildman–Crippen MR) is 36.3 cm³/mol. The second kappa shape index (κ2) is 3.97. The fourth-order valence-electron chi connectivity index (χ4n) is 0.753. The highest BCUT2D eigenvalue weighted by molar-refractivity contribution is 4.77. The molecule has 0 aliphatic rings. The number of alkyl halides is 1. The Morgan fingerprint density at radius 1 is 1.55 bits per heavy atom. The molecule has 0 aliphatic carbocycles. The van der Waals surface area contributed by atoms with Crippen LogP contribution in [0.4, 0.5) is 4.39 Å². The van der Waals surface area contributed by atoms with Crippen molar-refractivity contribution < 1.29 is 4.39 Å². The van der Waals surface area contributed by atoms with Gasteiger partial charge in [0.15, 0.2) is 5.82 Å². The molecule has 0 amide bonds. The van der Waals surface area contributed by atoms with Crippen LogP contribution >= 0.6 is 0 Å². The van der Waals surface area contributed by atoms with Crippen molar-refractivity contribution in [2.75, 3.05) is 6.67 Å². The highest BCUT2D eigenvalue weighted by Gasteiger charge is 2.01. The normalized spacial score (nSPS) is 10.4. The number of rotatable bonds is 4. The van der Waals surface area contributed by atoms with E-state index in [2.05, 4.69) is 15.5 Å². The van der Waals surface area contributed by atoms with Gasteiger partial charge in [-0.25, -0.2) is 4.68 Å². The Bertz CT molecular complexity index is 210. The highest BCUT2D eigenvalue weighted by Crippen LogP contribution is 1.92. The number of tetrazole rings is 1. The molecule has 1 rings (SSSR count). The molecular formula is C5H10FN5. The summed E-state index contributed by atoms with van der Waals surface area (Å²) in [6.07, 6.45) is 0.429. The van der Waals surface area contributed by atoms with E-state index in [1.54, 1.807) is 0 Å². The molecule has 1 aromatic rings. The van der Waals surface area contributed by atoms with Crippen LogP contribution in [0.25, 0.3) is 0 Å². The topological polar surface area (TPSA) is 69.6 Å². The third-order valence-electron chi connectivity index (χ3n) is 1.29. The molecule has 0 bridgehead atoms. The summed E-state index contributed by atoms with van der Waals surface area (Å²) in [7, 11) is 0. The van der Waals surface area contributed by atoms with E-state index in [-0.39, 0.29) is 6.67 Å². The Labute approximate surface area is 63.4 Å². The van der Waals surface area contributed by atoms with Crippen molar-refractivity contribution in [1.29, 1.82) is 0 Å². The monoisotopic (exact) mass is 159 g/mol. The highest BCUT2D eigenvalue weighted by atomic mass is 19.1. The second-order valence-electron chi connectivity index (χ2n) is 2.06. The van der Waals surface area contributed by atoms with Crippen molar-refractivity contribution in [3.05, 3.63) is 5.82 Å². The quantitative estimate of drug-likeness (QED) is 0.642. The van der Waals surface area contributed by atoms with E-state index in [9.17, 15) is 4.39 Å². The van der Waals surface area contributed by atoms with Crippen LogP contribution in [0.1, 0.15) is 12.2 Å². The Morgan fingerprint density at radius 2 is 2.36 bits per heavy atom. The molecule has 62 valence electrons. The van der Waals surface area contributed by atoms with Crippen molar-refractivity contribution in [2.45, 2.75) is 19.5 Å². The summed E-state index contributed by atoms with van der Waals surface area (Å²) in [6, 6.07) is 0. The van der Waals surface area contributed by atoms with Gasteiger partial charge >= 0.3 is 0 Å². The molecule has 1 heterocycles. The maximum absolute atomic E-state index is 11.7. The largest absolute Gasteiger partial charge is 0.324 e. The van der Waals surface area contributed by atoms with Crippen LogP contribution in [0.3, 0.4) is 0 Å². The van der Waals surface area contributed by atoms with Crippen LogP contribution in [0.15, 0.2) is 0 Å². The third-order valence-corrected chi connectivity index (χ3v) is 1.29. The van der Waals surface area contributed by atoms with Gasteiger partial charge in [-0.05, 0) is 16.8 Å². The maximum Gasteiger partial charge on any atom is 0.164 e. The summed E-state index contributed by atoms with van der Waals surface area (Å²) < 4.78 is 13.2. The van der Waals surface area contributed by atoms with Crippen LogP contribution in [0.5, 0.6) is 0 Å². The fourth-order valence-corrected chi connectivity index (χ4v) is 0.753. The van der Waals surface area contributed by atoms with E-state index in [0.717, 1.165) is 0 Å². The summed E-state index contributed by atoms with van der Waals surface area (Å²) >= 11 is 0. The molecule has 0 atom stereocenters. The summed E-state index contributed by atoms with van der Waals surface area (Å²) in [6.45, 7) is 0.430. The molecule has 0 unspecified atom stereocenters. The van der Waals surface area contributed by atoms with Gasteiger partial charge < -0.3 is 5.73 Å². The lowest BCUT2D eigenvalue weighted by atomic mass is 10.4. The van der Waals surface area contributed by atoms with Gasteiger partial charge in [-0.3, -0.25) is 4.39 Å². The SMILES string of the molecule is NCc1nnnn1CCCF. The lowest BCUT2D eigenvalue weighted by Gasteiger charge is -1.98. The van der Waals surface area contributed by atoms with Crippen molar-refractivity contribution in [3.8, 4) is 0 Å². The van der Waals surface area contributed by atoms with Gasteiger partial charge in [-0.2, -0.15) is 0 Å². The number of hydrogen-bond acceptors (Lipinski definition) is 4. The van der Waals surface area contributed by atoms with Crippen LogP contribution in [-0.4, -0.2) is 26.9 Å². The van der Waals surface area contributed by atoms with E-state index in [4.69, 9.17) is 5.73 Å². The molecule has 0 aromatic carbocycles. The fraction of sp³-hybridized carbons (Fsp3) is 0.800. The Balaban J connectivity index is 2.54. The lowest BCUT2D eigenvalue weighted by Crippen LogP contribution is -2.10. The van der Waals surface area contributed by atoms with Crippen LogP contribution < -0.4 is 5.73 Å². The summed E-state index contributed by atoms with van der Waals surface area (Å²) in [5.74, 6) is 0.596. The molecule has 5 nitrogen and oxygen atoms in total. The molecule has 0 spiro atoms. The van der Waals surface area contributed by atoms with Crippen molar-refractivity contribution in [1.82, 2.24) is 20.2 Å². The van der Waals surface area contributed by atoms with Gasteiger partial charge in [0.2, 0.25) is 0 Å². The van der Waals surface area contributed by atoms with E-state index in [0.29, 0.717) is 25.3 Å². The first-order valence-corrected chi connectivity index (χ1v) is 3.39. The molecule has 0 aliphatic heterocycles. The summed E-state index contributed by atoms with van der Waals surface area (Å²) in [5.41, 5.74) is 5.31. The average Bonchev–Trinajstić information content (AvgIpc) is 2.47. The minimum atomic E-state index is -0.357. The second-order valence-corrected chi connectivity index (χ2v) is 2.06. The summed E-state index contributed by atoms with van der Waals surface area (Å²) in [5, 5.41) is 10.7. The van der Waals surface area contributed by atoms with Crippen molar-refractivity contribution >= 4 is 0 Å². The Hall–Kier alpha value is -1.04. The zero-order valence-corrected chi connectivity index (χ0v) is 6.07. The van der Waals surface area contributed by atoms with Crippen LogP contribution in [0.2, 0.25) is 0 Å². The third kappa shape index (κ3) is 1.94. The molecule has 0 saturated heterocycles. The Kier molecular flexibility index (Phi) is 2.91. The van der Waals surface area contributed by atoms with Crippen molar-refractivity contribution in [2.24, 2.45) is 5.73 Å². The first kappa shape index (κ1) is 8.06. The predicted octanol–water partition coefficient (Wildman–Crippen LogP) is -0.509. The van der Waals surface area contributed by atoms with Gasteiger partial charge in [0, 0.05) is 6.54 Å². The number of aromatic nitrogens is 4. The van der Waals surface area contributed by atoms with Gasteiger partial charge in [0.1, 0.15) is 0 Å². The van der Waals surface area contributed by atoms with Gasteiger partial charge in [0.05, 0.1) is 13.2 Å². The summed E-state index contributed by atoms with van der Waals surface area (Å²) in [4.78, 5) is 0. The van der Waals surface area contributed by atoms with Gasteiger partial charge in [0.25, 0.3) is 0 Å². The maximum atomic E-state index is 11.7. The minimum absolute atomic E-state index is 0.291. The first-order chi connectivity index (χ1) is 5.38. The number of aryl methyl sites for hydroxylation is 1. The van der Waals surface area contributed by atoms with E-state index >= 15 is 0 Å². The van der Waals surface area contributed by atoms with Crippen molar-refractivity contribution in [3.63, 3.8) is 0 Å². The molecule has 11 heavy (non-hydrogen) atoms. The smallest absolute Gasteiger partial charge is 0.164 e. The van der Waals surface area contributed by atoms with Crippen LogP contribution in [0, 0.1) is 0 Å². The molecule has 0 saturated carbocycles. The molecule has 0 fully saturated rings. The molecule has 0 radical (unpaired) electrons. The molecule has 1 aromatic heterocycles. The number of halogens is 1. The number of nitrogens with zero attached hydrogens (tertiary/aromatic N) is 4. The molecule has 2 N–H and O–H groups in total. The standard InChI is InChI=1S/C5H10FN5/c6-2-1-3-11-5(4-7)8-9-10-11/h1-4,7H2.